The van der Waals surface area contributed by atoms with E-state index in [0.717, 1.165) is 25.9 Å². The second-order valence-corrected chi connectivity index (χ2v) is 10.2. The molecular weight excluding hydrogens is 348 g/mol. The van der Waals surface area contributed by atoms with Gasteiger partial charge in [-0.25, -0.2) is 8.42 Å². The molecule has 0 saturated carbocycles. The van der Waals surface area contributed by atoms with Crippen molar-refractivity contribution in [1.29, 1.82) is 0 Å². The number of carbonyl (C=O) groups is 1. The minimum atomic E-state index is -2.92. The molecule has 26 heavy (non-hydrogen) atoms. The Morgan fingerprint density at radius 2 is 2.00 bits per heavy atom. The first-order valence-electron chi connectivity index (χ1n) is 9.36. The van der Waals surface area contributed by atoms with E-state index in [4.69, 9.17) is 0 Å². The number of piperidine rings is 1. The van der Waals surface area contributed by atoms with Gasteiger partial charge in [0, 0.05) is 24.5 Å². The molecular formula is C20H26N2O3S. The maximum absolute atomic E-state index is 12.7. The van der Waals surface area contributed by atoms with Crippen LogP contribution in [0.5, 0.6) is 0 Å². The predicted molar refractivity (Wildman–Crippen MR) is 103 cm³/mol. The van der Waals surface area contributed by atoms with Gasteiger partial charge in [0.2, 0.25) is 5.91 Å². The number of fused-ring (bicyclic) bond motifs is 2. The molecule has 1 spiro atoms. The van der Waals surface area contributed by atoms with E-state index in [1.807, 2.05) is 16.8 Å². The highest BCUT2D eigenvalue weighted by atomic mass is 32.2. The van der Waals surface area contributed by atoms with Crippen LogP contribution in [0.2, 0.25) is 0 Å². The summed E-state index contributed by atoms with van der Waals surface area (Å²) >= 11 is 0. The number of likely N-dealkylation sites (N-methyl/N-ethyl adjacent to an activating group) is 1. The molecule has 140 valence electrons. The molecule has 1 aromatic rings. The Balaban J connectivity index is 1.35. The molecule has 1 atom stereocenters. The van der Waals surface area contributed by atoms with E-state index in [2.05, 4.69) is 36.4 Å². The molecule has 6 heteroatoms. The SMILES string of the molecule is CN(CC(=O)N1CCC2(C=Cc3ccccc32)CC1)[C@H]1CCS(=O)(=O)C1. The van der Waals surface area contributed by atoms with E-state index in [1.165, 1.54) is 11.1 Å². The average molecular weight is 375 g/mol. The van der Waals surface area contributed by atoms with Crippen LogP contribution in [0, 0.1) is 0 Å². The number of hydrogen-bond acceptors (Lipinski definition) is 4. The Morgan fingerprint density at radius 3 is 2.69 bits per heavy atom. The summed E-state index contributed by atoms with van der Waals surface area (Å²) in [5, 5.41) is 0. The molecule has 3 aliphatic rings. The van der Waals surface area contributed by atoms with Gasteiger partial charge in [-0.3, -0.25) is 9.69 Å². The number of hydrogen-bond donors (Lipinski definition) is 0. The summed E-state index contributed by atoms with van der Waals surface area (Å²) in [4.78, 5) is 16.6. The van der Waals surface area contributed by atoms with Gasteiger partial charge in [-0.1, -0.05) is 36.4 Å². The molecule has 0 unspecified atom stereocenters. The largest absolute Gasteiger partial charge is 0.342 e. The third-order valence-corrected chi connectivity index (χ3v) is 8.05. The Labute approximate surface area is 155 Å². The normalized spacial score (nSPS) is 25.8. The van der Waals surface area contributed by atoms with Crippen LogP contribution in [0.15, 0.2) is 30.3 Å². The molecule has 0 N–H and O–H groups in total. The Hall–Kier alpha value is -1.66. The smallest absolute Gasteiger partial charge is 0.236 e. The molecule has 2 aliphatic heterocycles. The molecule has 4 rings (SSSR count). The van der Waals surface area contributed by atoms with Gasteiger partial charge in [-0.2, -0.15) is 0 Å². The zero-order valence-corrected chi connectivity index (χ0v) is 16.0. The molecule has 2 heterocycles. The topological polar surface area (TPSA) is 57.7 Å². The van der Waals surface area contributed by atoms with Crippen molar-refractivity contribution in [1.82, 2.24) is 9.80 Å². The zero-order valence-electron chi connectivity index (χ0n) is 15.2. The van der Waals surface area contributed by atoms with Gasteiger partial charge in [0.05, 0.1) is 18.1 Å². The minimum Gasteiger partial charge on any atom is -0.342 e. The minimum absolute atomic E-state index is 0.0234. The lowest BCUT2D eigenvalue weighted by molar-refractivity contribution is -0.133. The van der Waals surface area contributed by atoms with Gasteiger partial charge < -0.3 is 4.90 Å². The lowest BCUT2D eigenvalue weighted by atomic mass is 9.74. The third-order valence-electron chi connectivity index (χ3n) is 6.30. The summed E-state index contributed by atoms with van der Waals surface area (Å²) in [6.07, 6.45) is 7.06. The molecule has 0 radical (unpaired) electrons. The molecule has 0 aromatic heterocycles. The number of rotatable bonds is 3. The summed E-state index contributed by atoms with van der Waals surface area (Å²) < 4.78 is 23.3. The number of allylic oxidation sites excluding steroid dienone is 1. The third kappa shape index (κ3) is 3.21. The lowest BCUT2D eigenvalue weighted by Crippen LogP contribution is -2.48. The fourth-order valence-electron chi connectivity index (χ4n) is 4.59. The van der Waals surface area contributed by atoms with Crippen LogP contribution in [-0.2, 0) is 20.0 Å². The van der Waals surface area contributed by atoms with Crippen molar-refractivity contribution in [3.8, 4) is 0 Å². The second kappa shape index (κ2) is 6.50. The molecule has 0 bridgehead atoms. The van der Waals surface area contributed by atoms with Crippen LogP contribution in [0.3, 0.4) is 0 Å². The number of sulfone groups is 1. The molecule has 1 amide bonds. The summed E-state index contributed by atoms with van der Waals surface area (Å²) in [5.74, 6) is 0.539. The van der Waals surface area contributed by atoms with Crippen molar-refractivity contribution in [2.24, 2.45) is 0 Å². The molecule has 5 nitrogen and oxygen atoms in total. The van der Waals surface area contributed by atoms with Crippen molar-refractivity contribution in [3.05, 3.63) is 41.5 Å². The van der Waals surface area contributed by atoms with E-state index >= 15 is 0 Å². The van der Waals surface area contributed by atoms with E-state index in [0.29, 0.717) is 13.0 Å². The summed E-state index contributed by atoms with van der Waals surface area (Å²) in [7, 11) is -1.05. The highest BCUT2D eigenvalue weighted by Gasteiger charge is 2.39. The van der Waals surface area contributed by atoms with Crippen LogP contribution in [0.1, 0.15) is 30.4 Å². The maximum Gasteiger partial charge on any atom is 0.236 e. The van der Waals surface area contributed by atoms with Gasteiger partial charge in [-0.15, -0.1) is 0 Å². The summed E-state index contributed by atoms with van der Waals surface area (Å²) in [6.45, 7) is 1.82. The molecule has 1 aromatic carbocycles. The first-order valence-corrected chi connectivity index (χ1v) is 11.2. The maximum atomic E-state index is 12.7. The van der Waals surface area contributed by atoms with Crippen LogP contribution >= 0.6 is 0 Å². The number of carbonyl (C=O) groups excluding carboxylic acids is 1. The molecule has 2 fully saturated rings. The fraction of sp³-hybridized carbons (Fsp3) is 0.550. The zero-order chi connectivity index (χ0) is 18.4. The number of benzene rings is 1. The van der Waals surface area contributed by atoms with E-state index in [-0.39, 0.29) is 28.9 Å². The Morgan fingerprint density at radius 1 is 1.27 bits per heavy atom. The summed E-state index contributed by atoms with van der Waals surface area (Å²) in [6, 6.07) is 8.50. The van der Waals surface area contributed by atoms with Gasteiger partial charge in [0.1, 0.15) is 0 Å². The van der Waals surface area contributed by atoms with E-state index in [9.17, 15) is 13.2 Å². The van der Waals surface area contributed by atoms with Gasteiger partial charge >= 0.3 is 0 Å². The fourth-order valence-corrected chi connectivity index (χ4v) is 6.40. The van der Waals surface area contributed by atoms with Gasteiger partial charge in [0.15, 0.2) is 9.84 Å². The van der Waals surface area contributed by atoms with E-state index < -0.39 is 9.84 Å². The molecule has 2 saturated heterocycles. The van der Waals surface area contributed by atoms with Crippen LogP contribution in [-0.4, -0.2) is 68.4 Å². The first kappa shape index (κ1) is 17.7. The quantitative estimate of drug-likeness (QED) is 0.808. The first-order chi connectivity index (χ1) is 12.4. The second-order valence-electron chi connectivity index (χ2n) is 7.93. The van der Waals surface area contributed by atoms with Gasteiger partial charge in [0.25, 0.3) is 0 Å². The van der Waals surface area contributed by atoms with Crippen LogP contribution in [0.4, 0.5) is 0 Å². The Kier molecular flexibility index (Phi) is 4.43. The van der Waals surface area contributed by atoms with Crippen molar-refractivity contribution in [2.45, 2.75) is 30.7 Å². The monoisotopic (exact) mass is 374 g/mol. The lowest BCUT2D eigenvalue weighted by Gasteiger charge is -2.40. The van der Waals surface area contributed by atoms with Crippen molar-refractivity contribution < 1.29 is 13.2 Å². The van der Waals surface area contributed by atoms with Crippen LogP contribution < -0.4 is 0 Å². The van der Waals surface area contributed by atoms with Crippen molar-refractivity contribution in [2.75, 3.05) is 38.2 Å². The van der Waals surface area contributed by atoms with Crippen molar-refractivity contribution >= 4 is 21.8 Å². The highest BCUT2D eigenvalue weighted by molar-refractivity contribution is 7.91. The van der Waals surface area contributed by atoms with Crippen molar-refractivity contribution in [3.63, 3.8) is 0 Å². The van der Waals surface area contributed by atoms with E-state index in [1.54, 1.807) is 0 Å². The standard InChI is InChI=1S/C20H26N2O3S/c1-21(17-7-13-26(24,25)15-17)14-19(23)22-11-9-20(10-12-22)8-6-16-4-2-3-5-18(16)20/h2-6,8,17H,7,9-15H2,1H3/t17-/m0/s1. The number of nitrogens with zero attached hydrogens (tertiary/aromatic N) is 2. The average Bonchev–Trinajstić information content (AvgIpc) is 3.17. The van der Waals surface area contributed by atoms with Gasteiger partial charge in [-0.05, 0) is 37.4 Å². The Bertz CT molecular complexity index is 838. The highest BCUT2D eigenvalue weighted by Crippen LogP contribution is 2.43. The predicted octanol–water partition coefficient (Wildman–Crippen LogP) is 1.69. The van der Waals surface area contributed by atoms with Crippen LogP contribution in [0.25, 0.3) is 6.08 Å². The summed E-state index contributed by atoms with van der Waals surface area (Å²) in [5.41, 5.74) is 2.77. The number of likely N-dealkylation sites (tertiary alicyclic amines) is 1. The number of amides is 1. The molecule has 1 aliphatic carbocycles.